The molecule has 0 heterocycles. The molecule has 1 saturated carbocycles. The molecular weight excluding hydrogens is 188 g/mol. The molecule has 1 amide bonds. The van der Waals surface area contributed by atoms with Crippen LogP contribution in [0.15, 0.2) is 0 Å². The zero-order chi connectivity index (χ0) is 11.5. The third-order valence-corrected chi connectivity index (χ3v) is 3.75. The van der Waals surface area contributed by atoms with Crippen molar-refractivity contribution in [2.75, 3.05) is 0 Å². The van der Waals surface area contributed by atoms with Crippen LogP contribution in [-0.4, -0.2) is 17.5 Å². The fourth-order valence-corrected chi connectivity index (χ4v) is 1.93. The van der Waals surface area contributed by atoms with Gasteiger partial charge >= 0.3 is 0 Å². The van der Waals surface area contributed by atoms with Crippen LogP contribution in [0, 0.1) is 5.92 Å². The van der Waals surface area contributed by atoms with Gasteiger partial charge in [-0.2, -0.15) is 0 Å². The van der Waals surface area contributed by atoms with Crippen LogP contribution < -0.4 is 11.1 Å². The van der Waals surface area contributed by atoms with Crippen LogP contribution in [0.4, 0.5) is 0 Å². The number of carbonyl (C=O) groups is 1. The van der Waals surface area contributed by atoms with E-state index >= 15 is 0 Å². The van der Waals surface area contributed by atoms with Crippen molar-refractivity contribution in [3.05, 3.63) is 0 Å². The van der Waals surface area contributed by atoms with Gasteiger partial charge in [0.15, 0.2) is 0 Å². The Kier molecular flexibility index (Phi) is 4.14. The minimum absolute atomic E-state index is 0.116. The molecule has 0 radical (unpaired) electrons. The lowest BCUT2D eigenvalue weighted by atomic mass is 9.75. The fraction of sp³-hybridized carbons (Fsp3) is 0.917. The molecule has 0 bridgehead atoms. The summed E-state index contributed by atoms with van der Waals surface area (Å²) in [7, 11) is 0. The standard InChI is InChI=1S/C12H24N2O/c1-4-9(2)10(3)14-11(15)8-12(13)6-5-7-12/h9-10H,4-8,13H2,1-3H3,(H,14,15). The van der Waals surface area contributed by atoms with Gasteiger partial charge in [-0.3, -0.25) is 4.79 Å². The van der Waals surface area contributed by atoms with E-state index in [1.54, 1.807) is 0 Å². The van der Waals surface area contributed by atoms with Gasteiger partial charge in [-0.15, -0.1) is 0 Å². The number of hydrogen-bond acceptors (Lipinski definition) is 2. The first-order chi connectivity index (χ1) is 6.97. The van der Waals surface area contributed by atoms with Crippen molar-refractivity contribution in [1.82, 2.24) is 5.32 Å². The van der Waals surface area contributed by atoms with E-state index in [-0.39, 0.29) is 17.5 Å². The van der Waals surface area contributed by atoms with Gasteiger partial charge in [-0.1, -0.05) is 20.3 Å². The molecule has 15 heavy (non-hydrogen) atoms. The Morgan fingerprint density at radius 3 is 2.47 bits per heavy atom. The predicted octanol–water partition coefficient (Wildman–Crippen LogP) is 1.81. The van der Waals surface area contributed by atoms with Crippen molar-refractivity contribution in [2.45, 2.75) is 64.5 Å². The Hall–Kier alpha value is -0.570. The fourth-order valence-electron chi connectivity index (χ4n) is 1.93. The Morgan fingerprint density at radius 1 is 1.47 bits per heavy atom. The lowest BCUT2D eigenvalue weighted by molar-refractivity contribution is -0.123. The lowest BCUT2D eigenvalue weighted by Crippen LogP contribution is -2.51. The Labute approximate surface area is 92.8 Å². The number of nitrogens with two attached hydrogens (primary N) is 1. The van der Waals surface area contributed by atoms with Crippen molar-refractivity contribution in [2.24, 2.45) is 11.7 Å². The third-order valence-electron chi connectivity index (χ3n) is 3.75. The highest BCUT2D eigenvalue weighted by Gasteiger charge is 2.34. The molecule has 3 nitrogen and oxygen atoms in total. The molecule has 3 N–H and O–H groups in total. The molecule has 1 fully saturated rings. The number of rotatable bonds is 5. The summed E-state index contributed by atoms with van der Waals surface area (Å²) in [6, 6.07) is 0.256. The molecule has 1 aliphatic rings. The van der Waals surface area contributed by atoms with E-state index in [9.17, 15) is 4.79 Å². The summed E-state index contributed by atoms with van der Waals surface area (Å²) in [5, 5.41) is 3.04. The molecule has 1 rings (SSSR count). The second-order valence-electron chi connectivity index (χ2n) is 5.13. The molecule has 2 atom stereocenters. The van der Waals surface area contributed by atoms with Gasteiger partial charge in [-0.05, 0) is 32.1 Å². The maximum absolute atomic E-state index is 11.7. The number of amides is 1. The number of carbonyl (C=O) groups excluding carboxylic acids is 1. The normalized spacial score (nSPS) is 22.7. The van der Waals surface area contributed by atoms with E-state index < -0.39 is 0 Å². The van der Waals surface area contributed by atoms with Crippen molar-refractivity contribution in [3.63, 3.8) is 0 Å². The minimum atomic E-state index is -0.195. The summed E-state index contributed by atoms with van der Waals surface area (Å²) in [5.41, 5.74) is 5.83. The highest BCUT2D eigenvalue weighted by atomic mass is 16.1. The molecule has 0 aromatic rings. The van der Waals surface area contributed by atoms with Crippen molar-refractivity contribution in [3.8, 4) is 0 Å². The van der Waals surface area contributed by atoms with Crippen LogP contribution in [0.5, 0.6) is 0 Å². The maximum atomic E-state index is 11.7. The molecule has 1 aliphatic carbocycles. The van der Waals surface area contributed by atoms with Gasteiger partial charge in [0.25, 0.3) is 0 Å². The number of hydrogen-bond donors (Lipinski definition) is 2. The third kappa shape index (κ3) is 3.49. The Morgan fingerprint density at radius 2 is 2.07 bits per heavy atom. The molecule has 0 saturated heterocycles. The SMILES string of the molecule is CCC(C)C(C)NC(=O)CC1(N)CCC1. The molecule has 0 spiro atoms. The number of nitrogens with one attached hydrogen (secondary N) is 1. The van der Waals surface area contributed by atoms with Gasteiger partial charge in [0.2, 0.25) is 5.91 Å². The minimum Gasteiger partial charge on any atom is -0.353 e. The van der Waals surface area contributed by atoms with Crippen LogP contribution in [-0.2, 0) is 4.79 Å². The van der Waals surface area contributed by atoms with Gasteiger partial charge in [-0.25, -0.2) is 0 Å². The Bertz CT molecular complexity index is 224. The average molecular weight is 212 g/mol. The Balaban J connectivity index is 2.29. The van der Waals surface area contributed by atoms with E-state index in [2.05, 4.69) is 26.1 Å². The molecule has 88 valence electrons. The van der Waals surface area contributed by atoms with E-state index in [1.165, 1.54) is 6.42 Å². The van der Waals surface area contributed by atoms with Crippen LogP contribution in [0.3, 0.4) is 0 Å². The van der Waals surface area contributed by atoms with E-state index in [1.807, 2.05) is 0 Å². The van der Waals surface area contributed by atoms with E-state index in [0.717, 1.165) is 19.3 Å². The summed E-state index contributed by atoms with van der Waals surface area (Å²) in [4.78, 5) is 11.7. The molecule has 0 aromatic carbocycles. The molecule has 2 unspecified atom stereocenters. The summed E-state index contributed by atoms with van der Waals surface area (Å²) in [6.45, 7) is 6.37. The van der Waals surface area contributed by atoms with Crippen molar-refractivity contribution >= 4 is 5.91 Å². The van der Waals surface area contributed by atoms with Crippen molar-refractivity contribution < 1.29 is 4.79 Å². The average Bonchev–Trinajstić information content (AvgIpc) is 2.13. The first-order valence-corrected chi connectivity index (χ1v) is 6.05. The van der Waals surface area contributed by atoms with Gasteiger partial charge in [0, 0.05) is 18.0 Å². The van der Waals surface area contributed by atoms with Crippen molar-refractivity contribution in [1.29, 1.82) is 0 Å². The zero-order valence-corrected chi connectivity index (χ0v) is 10.2. The molecule has 0 aromatic heterocycles. The highest BCUT2D eigenvalue weighted by molar-refractivity contribution is 5.77. The first kappa shape index (κ1) is 12.5. The highest BCUT2D eigenvalue weighted by Crippen LogP contribution is 2.31. The smallest absolute Gasteiger partial charge is 0.222 e. The second-order valence-corrected chi connectivity index (χ2v) is 5.13. The molecular formula is C12H24N2O. The zero-order valence-electron chi connectivity index (χ0n) is 10.2. The monoisotopic (exact) mass is 212 g/mol. The topological polar surface area (TPSA) is 55.1 Å². The largest absolute Gasteiger partial charge is 0.353 e. The van der Waals surface area contributed by atoms with Crippen LogP contribution >= 0.6 is 0 Å². The summed E-state index contributed by atoms with van der Waals surface area (Å²) < 4.78 is 0. The van der Waals surface area contributed by atoms with Crippen LogP contribution in [0.2, 0.25) is 0 Å². The first-order valence-electron chi connectivity index (χ1n) is 6.05. The summed E-state index contributed by atoms with van der Waals surface area (Å²) >= 11 is 0. The van der Waals surface area contributed by atoms with Gasteiger partial charge < -0.3 is 11.1 Å². The van der Waals surface area contributed by atoms with E-state index in [0.29, 0.717) is 12.3 Å². The van der Waals surface area contributed by atoms with Gasteiger partial charge in [0.1, 0.15) is 0 Å². The predicted molar refractivity (Wildman–Crippen MR) is 62.4 cm³/mol. The van der Waals surface area contributed by atoms with Gasteiger partial charge in [0.05, 0.1) is 0 Å². The summed E-state index contributed by atoms with van der Waals surface area (Å²) in [6.07, 6.45) is 4.75. The quantitative estimate of drug-likeness (QED) is 0.730. The lowest BCUT2D eigenvalue weighted by Gasteiger charge is -2.37. The van der Waals surface area contributed by atoms with Crippen LogP contribution in [0.25, 0.3) is 0 Å². The second kappa shape index (κ2) is 4.97. The molecule has 3 heteroatoms. The maximum Gasteiger partial charge on any atom is 0.222 e. The molecule has 0 aliphatic heterocycles. The summed E-state index contributed by atoms with van der Waals surface area (Å²) in [5.74, 6) is 0.647. The van der Waals surface area contributed by atoms with Crippen LogP contribution in [0.1, 0.15) is 52.9 Å². The van der Waals surface area contributed by atoms with E-state index in [4.69, 9.17) is 5.73 Å².